The van der Waals surface area contributed by atoms with E-state index in [1.165, 1.54) is 4.90 Å². The van der Waals surface area contributed by atoms with E-state index in [0.29, 0.717) is 35.5 Å². The number of likely N-dealkylation sites (tertiary alicyclic amines) is 2. The average Bonchev–Trinajstić information content (AvgIpc) is 3.49. The number of hydrogen-bond acceptors (Lipinski definition) is 7. The van der Waals surface area contributed by atoms with Crippen molar-refractivity contribution in [2.45, 2.75) is 51.0 Å². The maximum Gasteiger partial charge on any atom is 0.407 e. The van der Waals surface area contributed by atoms with Crippen molar-refractivity contribution in [2.75, 3.05) is 50.7 Å². The summed E-state index contributed by atoms with van der Waals surface area (Å²) in [5.74, 6) is -1.50. The largest absolute Gasteiger partial charge is 0.465 e. The first-order valence-electron chi connectivity index (χ1n) is 14.0. The summed E-state index contributed by atoms with van der Waals surface area (Å²) < 4.78 is 0. The molecule has 1 spiro atoms. The molecule has 208 valence electrons. The van der Waals surface area contributed by atoms with Gasteiger partial charge in [-0.05, 0) is 81.1 Å². The minimum Gasteiger partial charge on any atom is -0.465 e. The van der Waals surface area contributed by atoms with Gasteiger partial charge in [-0.2, -0.15) is 0 Å². The lowest BCUT2D eigenvalue weighted by molar-refractivity contribution is -0.136. The van der Waals surface area contributed by atoms with E-state index in [1.807, 2.05) is 6.07 Å². The van der Waals surface area contributed by atoms with Crippen molar-refractivity contribution in [3.8, 4) is 0 Å². The first-order chi connectivity index (χ1) is 18.7. The number of carbonyl (C=O) groups excluding carboxylic acids is 4. The summed E-state index contributed by atoms with van der Waals surface area (Å²) in [7, 11) is 0. The van der Waals surface area contributed by atoms with Crippen molar-refractivity contribution < 1.29 is 29.1 Å². The number of carboxylic acid groups (broad SMARTS) is 1. The van der Waals surface area contributed by atoms with Gasteiger partial charge in [0, 0.05) is 44.8 Å². The molecule has 5 aliphatic heterocycles. The minimum absolute atomic E-state index is 0.103. The number of piperidine rings is 3. The van der Waals surface area contributed by atoms with Gasteiger partial charge in [0.25, 0.3) is 11.8 Å². The zero-order valence-corrected chi connectivity index (χ0v) is 22.1. The summed E-state index contributed by atoms with van der Waals surface area (Å²) in [5, 5.41) is 11.4. The Morgan fingerprint density at radius 1 is 0.923 bits per heavy atom. The van der Waals surface area contributed by atoms with Crippen molar-refractivity contribution >= 4 is 35.4 Å². The van der Waals surface area contributed by atoms with Gasteiger partial charge in [-0.3, -0.25) is 29.4 Å². The molecule has 0 saturated carbocycles. The molecule has 5 amide bonds. The highest BCUT2D eigenvalue weighted by molar-refractivity contribution is 6.23. The van der Waals surface area contributed by atoms with Crippen molar-refractivity contribution in [1.82, 2.24) is 20.0 Å². The Hall–Kier alpha value is -3.47. The van der Waals surface area contributed by atoms with Gasteiger partial charge in [0.15, 0.2) is 0 Å². The van der Waals surface area contributed by atoms with Gasteiger partial charge in [0.05, 0.1) is 11.1 Å². The first kappa shape index (κ1) is 25.8. The van der Waals surface area contributed by atoms with Crippen molar-refractivity contribution in [3.63, 3.8) is 0 Å². The lowest BCUT2D eigenvalue weighted by Gasteiger charge is -2.47. The van der Waals surface area contributed by atoms with E-state index < -0.39 is 29.9 Å². The van der Waals surface area contributed by atoms with E-state index in [4.69, 9.17) is 0 Å². The highest BCUT2D eigenvalue weighted by Gasteiger charge is 2.45. The topological polar surface area (TPSA) is 131 Å². The normalized spacial score (nSPS) is 27.3. The van der Waals surface area contributed by atoms with Crippen LogP contribution in [-0.2, 0) is 9.59 Å². The van der Waals surface area contributed by atoms with Gasteiger partial charge in [-0.15, -0.1) is 0 Å². The van der Waals surface area contributed by atoms with Crippen LogP contribution in [0.15, 0.2) is 18.2 Å². The zero-order chi connectivity index (χ0) is 27.3. The molecule has 0 bridgehead atoms. The molecule has 5 heterocycles. The van der Waals surface area contributed by atoms with Crippen molar-refractivity contribution in [2.24, 2.45) is 11.3 Å². The molecule has 2 N–H and O–H groups in total. The Labute approximate surface area is 227 Å². The number of carbonyl (C=O) groups is 5. The van der Waals surface area contributed by atoms with Gasteiger partial charge in [-0.1, -0.05) is 0 Å². The first-order valence-corrected chi connectivity index (χ1v) is 14.0. The van der Waals surface area contributed by atoms with Crippen LogP contribution in [0.25, 0.3) is 0 Å². The Morgan fingerprint density at radius 2 is 1.62 bits per heavy atom. The summed E-state index contributed by atoms with van der Waals surface area (Å²) in [6.07, 6.45) is 4.83. The molecule has 1 aromatic rings. The molecule has 2 unspecified atom stereocenters. The molecule has 11 nitrogen and oxygen atoms in total. The number of nitrogens with zero attached hydrogens (tertiary/aromatic N) is 4. The van der Waals surface area contributed by atoms with E-state index >= 15 is 0 Å². The monoisotopic (exact) mass is 537 g/mol. The SMILES string of the molecule is O=C1CCC(N2C(=O)c3ccc(N4CCC5(CCN(CC6CCN(C(=O)O)C6)CC5)CC4)cc3C2=O)C(=O)N1. The van der Waals surface area contributed by atoms with Crippen LogP contribution in [0, 0.1) is 11.3 Å². The van der Waals surface area contributed by atoms with Gasteiger partial charge >= 0.3 is 6.09 Å². The van der Waals surface area contributed by atoms with E-state index in [-0.39, 0.29) is 18.7 Å². The molecule has 0 radical (unpaired) electrons. The van der Waals surface area contributed by atoms with Crippen LogP contribution in [-0.4, -0.2) is 101 Å². The smallest absolute Gasteiger partial charge is 0.407 e. The molecule has 6 rings (SSSR count). The van der Waals surface area contributed by atoms with Crippen LogP contribution in [0.3, 0.4) is 0 Å². The van der Waals surface area contributed by atoms with Gasteiger partial charge in [0.2, 0.25) is 11.8 Å². The summed E-state index contributed by atoms with van der Waals surface area (Å²) in [6.45, 7) is 6.13. The molecular weight excluding hydrogens is 502 g/mol. The molecule has 0 aromatic heterocycles. The summed E-state index contributed by atoms with van der Waals surface area (Å²) >= 11 is 0. The molecule has 39 heavy (non-hydrogen) atoms. The Bertz CT molecular complexity index is 1210. The third-order valence-electron chi connectivity index (χ3n) is 9.60. The third-order valence-corrected chi connectivity index (χ3v) is 9.60. The van der Waals surface area contributed by atoms with Gasteiger partial charge < -0.3 is 19.8 Å². The standard InChI is InChI=1S/C28H35N5O6/c34-23-4-3-22(24(35)29-23)33-25(36)20-2-1-19(15-21(20)26(33)37)31-13-8-28(9-14-31)6-11-30(12-7-28)16-18-5-10-32(17-18)27(38)39/h1-2,15,18,22H,3-14,16-17H2,(H,38,39)(H,29,34,35). The highest BCUT2D eigenvalue weighted by atomic mass is 16.4. The van der Waals surface area contributed by atoms with Crippen LogP contribution in [0.1, 0.15) is 65.7 Å². The van der Waals surface area contributed by atoms with E-state index in [1.54, 1.807) is 12.1 Å². The molecule has 2 atom stereocenters. The summed E-state index contributed by atoms with van der Waals surface area (Å²) in [4.78, 5) is 68.6. The fraction of sp³-hybridized carbons (Fsp3) is 0.607. The maximum absolute atomic E-state index is 13.2. The summed E-state index contributed by atoms with van der Waals surface area (Å²) in [5.41, 5.74) is 1.87. The third kappa shape index (κ3) is 4.77. The lowest BCUT2D eigenvalue weighted by atomic mass is 9.71. The zero-order valence-electron chi connectivity index (χ0n) is 22.1. The van der Waals surface area contributed by atoms with Gasteiger partial charge in [0.1, 0.15) is 6.04 Å². The van der Waals surface area contributed by atoms with Crippen LogP contribution in [0.2, 0.25) is 0 Å². The number of anilines is 1. The molecular formula is C28H35N5O6. The number of hydrogen-bond donors (Lipinski definition) is 2. The Kier molecular flexibility index (Phi) is 6.57. The molecule has 1 aromatic carbocycles. The number of benzene rings is 1. The summed E-state index contributed by atoms with van der Waals surface area (Å²) in [6, 6.07) is 4.41. The van der Waals surface area contributed by atoms with Crippen LogP contribution >= 0.6 is 0 Å². The Balaban J connectivity index is 1.04. The predicted molar refractivity (Wildman–Crippen MR) is 140 cm³/mol. The molecule has 0 aliphatic carbocycles. The number of rotatable bonds is 4. The quantitative estimate of drug-likeness (QED) is 0.556. The predicted octanol–water partition coefficient (Wildman–Crippen LogP) is 1.77. The number of nitrogens with one attached hydrogen (secondary N) is 1. The second-order valence-corrected chi connectivity index (χ2v) is 11.8. The van der Waals surface area contributed by atoms with Crippen LogP contribution in [0.5, 0.6) is 0 Å². The molecule has 11 heteroatoms. The second-order valence-electron chi connectivity index (χ2n) is 11.8. The van der Waals surface area contributed by atoms with Crippen molar-refractivity contribution in [1.29, 1.82) is 0 Å². The Morgan fingerprint density at radius 3 is 2.28 bits per heavy atom. The molecule has 4 saturated heterocycles. The van der Waals surface area contributed by atoms with Crippen LogP contribution in [0.4, 0.5) is 10.5 Å². The van der Waals surface area contributed by atoms with E-state index in [0.717, 1.165) is 75.4 Å². The minimum atomic E-state index is -0.955. The maximum atomic E-state index is 13.2. The van der Waals surface area contributed by atoms with E-state index in [9.17, 15) is 29.1 Å². The number of fused-ring (bicyclic) bond motifs is 1. The molecule has 4 fully saturated rings. The highest BCUT2D eigenvalue weighted by Crippen LogP contribution is 2.43. The fourth-order valence-corrected chi connectivity index (χ4v) is 7.13. The number of amides is 5. The van der Waals surface area contributed by atoms with Crippen LogP contribution < -0.4 is 10.2 Å². The van der Waals surface area contributed by atoms with Crippen molar-refractivity contribution in [3.05, 3.63) is 29.3 Å². The lowest BCUT2D eigenvalue weighted by Crippen LogP contribution is -2.54. The number of imide groups is 2. The molecule has 5 aliphatic rings. The van der Waals surface area contributed by atoms with E-state index in [2.05, 4.69) is 15.1 Å². The average molecular weight is 538 g/mol. The fourth-order valence-electron chi connectivity index (χ4n) is 7.13. The van der Waals surface area contributed by atoms with Gasteiger partial charge in [-0.25, -0.2) is 4.79 Å². The second kappa shape index (κ2) is 9.93.